The average molecular weight is 232 g/mol. The number of hydrogen-bond donors (Lipinski definition) is 1. The van der Waals surface area contributed by atoms with Crippen LogP contribution in [0.1, 0.15) is 0 Å². The van der Waals surface area contributed by atoms with Gasteiger partial charge in [-0.25, -0.2) is 0 Å². The zero-order valence-electron chi connectivity index (χ0n) is 8.88. The second-order valence-electron chi connectivity index (χ2n) is 3.28. The van der Waals surface area contributed by atoms with Gasteiger partial charge < -0.3 is 9.84 Å². The molecule has 0 aliphatic rings. The lowest BCUT2D eigenvalue weighted by atomic mass is 10.3. The van der Waals surface area contributed by atoms with E-state index in [1.54, 1.807) is 30.0 Å². The minimum Gasteiger partial charge on any atom is -0.508 e. The summed E-state index contributed by atoms with van der Waals surface area (Å²) in [5, 5.41) is 9.31. The Hall–Kier alpha value is -1.61. The van der Waals surface area contributed by atoms with Gasteiger partial charge in [0.25, 0.3) is 0 Å². The second-order valence-corrected chi connectivity index (χ2v) is 4.16. The minimum absolute atomic E-state index is 0.207. The molecule has 0 fully saturated rings. The molecule has 0 aliphatic heterocycles. The molecule has 0 atom stereocenters. The number of hydrogen-bond acceptors (Lipinski definition) is 3. The van der Waals surface area contributed by atoms with Gasteiger partial charge in [0.2, 0.25) is 0 Å². The summed E-state index contributed by atoms with van der Waals surface area (Å²) < 4.78 is 5.63. The Morgan fingerprint density at radius 1 is 1.00 bits per heavy atom. The van der Waals surface area contributed by atoms with E-state index in [-0.39, 0.29) is 5.75 Å². The number of aromatic hydroxyl groups is 1. The lowest BCUT2D eigenvalue weighted by Crippen LogP contribution is -1.83. The predicted molar refractivity (Wildman–Crippen MR) is 66.4 cm³/mol. The quantitative estimate of drug-likeness (QED) is 0.814. The smallest absolute Gasteiger partial charge is 0.131 e. The van der Waals surface area contributed by atoms with Crippen molar-refractivity contribution in [3.05, 3.63) is 48.5 Å². The second kappa shape index (κ2) is 4.94. The van der Waals surface area contributed by atoms with E-state index in [1.807, 2.05) is 36.6 Å². The first-order valence-corrected chi connectivity index (χ1v) is 6.11. The number of ether oxygens (including phenoxy) is 1. The Kier molecular flexibility index (Phi) is 3.37. The molecular weight excluding hydrogens is 220 g/mol. The van der Waals surface area contributed by atoms with Crippen molar-refractivity contribution in [2.45, 2.75) is 4.90 Å². The summed E-state index contributed by atoms with van der Waals surface area (Å²) in [6.45, 7) is 0. The third kappa shape index (κ3) is 2.70. The molecule has 2 rings (SSSR count). The Labute approximate surface area is 98.9 Å². The maximum atomic E-state index is 9.31. The highest BCUT2D eigenvalue weighted by Crippen LogP contribution is 2.27. The number of phenolic OH excluding ortho intramolecular Hbond substituents is 1. The van der Waals surface area contributed by atoms with Crippen molar-refractivity contribution in [2.75, 3.05) is 6.26 Å². The van der Waals surface area contributed by atoms with Gasteiger partial charge in [-0.2, -0.15) is 0 Å². The van der Waals surface area contributed by atoms with E-state index in [4.69, 9.17) is 4.74 Å². The summed E-state index contributed by atoms with van der Waals surface area (Å²) in [5.41, 5.74) is 0. The highest BCUT2D eigenvalue weighted by molar-refractivity contribution is 7.98. The molecule has 0 unspecified atom stereocenters. The molecule has 2 aromatic carbocycles. The van der Waals surface area contributed by atoms with Crippen LogP contribution in [0.3, 0.4) is 0 Å². The molecule has 16 heavy (non-hydrogen) atoms. The number of benzene rings is 2. The molecule has 1 N–H and O–H groups in total. The summed E-state index contributed by atoms with van der Waals surface area (Å²) in [4.78, 5) is 1.15. The van der Waals surface area contributed by atoms with E-state index >= 15 is 0 Å². The predicted octanol–water partition coefficient (Wildman–Crippen LogP) is 3.91. The molecule has 0 heterocycles. The molecule has 82 valence electrons. The topological polar surface area (TPSA) is 29.5 Å². The van der Waals surface area contributed by atoms with E-state index in [2.05, 4.69) is 0 Å². The van der Waals surface area contributed by atoms with Crippen molar-refractivity contribution in [1.82, 2.24) is 0 Å². The molecule has 2 aromatic rings. The summed E-state index contributed by atoms with van der Waals surface area (Å²) in [6, 6.07) is 14.6. The fourth-order valence-corrected chi connectivity index (χ4v) is 1.80. The lowest BCUT2D eigenvalue weighted by Gasteiger charge is -2.06. The molecule has 0 radical (unpaired) electrons. The third-order valence-electron chi connectivity index (χ3n) is 2.09. The molecular formula is C13H12O2S. The van der Waals surface area contributed by atoms with Crippen molar-refractivity contribution in [3.8, 4) is 17.2 Å². The van der Waals surface area contributed by atoms with Gasteiger partial charge in [-0.1, -0.05) is 12.1 Å². The molecule has 0 aromatic heterocycles. The summed E-state index contributed by atoms with van der Waals surface area (Å²) in [7, 11) is 0. The van der Waals surface area contributed by atoms with Crippen LogP contribution in [-0.2, 0) is 0 Å². The summed E-state index contributed by atoms with van der Waals surface area (Å²) >= 11 is 1.67. The van der Waals surface area contributed by atoms with Gasteiger partial charge in [-0.05, 0) is 36.6 Å². The highest BCUT2D eigenvalue weighted by Gasteiger charge is 1.99. The summed E-state index contributed by atoms with van der Waals surface area (Å²) in [6.07, 6.45) is 2.02. The molecule has 0 saturated carbocycles. The maximum Gasteiger partial charge on any atom is 0.131 e. The van der Waals surface area contributed by atoms with Crippen LogP contribution >= 0.6 is 11.8 Å². The van der Waals surface area contributed by atoms with E-state index in [1.165, 1.54) is 0 Å². The van der Waals surface area contributed by atoms with Gasteiger partial charge in [-0.15, -0.1) is 11.8 Å². The van der Waals surface area contributed by atoms with Gasteiger partial charge in [0.05, 0.1) is 0 Å². The standard InChI is InChI=1S/C13H12O2S/c1-16-13-7-3-6-12(9-13)15-11-5-2-4-10(14)8-11/h2-9,14H,1H3. The van der Waals surface area contributed by atoms with Crippen LogP contribution in [0.15, 0.2) is 53.4 Å². The van der Waals surface area contributed by atoms with Crippen LogP contribution in [0.4, 0.5) is 0 Å². The van der Waals surface area contributed by atoms with Gasteiger partial charge in [0, 0.05) is 11.0 Å². The van der Waals surface area contributed by atoms with Gasteiger partial charge in [0.15, 0.2) is 0 Å². The highest BCUT2D eigenvalue weighted by atomic mass is 32.2. The minimum atomic E-state index is 0.207. The fourth-order valence-electron chi connectivity index (χ4n) is 1.35. The molecule has 0 spiro atoms. The largest absolute Gasteiger partial charge is 0.508 e. The van der Waals surface area contributed by atoms with Crippen LogP contribution < -0.4 is 4.74 Å². The van der Waals surface area contributed by atoms with E-state index < -0.39 is 0 Å². The van der Waals surface area contributed by atoms with Gasteiger partial charge in [-0.3, -0.25) is 0 Å². The Balaban J connectivity index is 2.20. The SMILES string of the molecule is CSc1cccc(Oc2cccc(O)c2)c1. The molecule has 0 amide bonds. The number of rotatable bonds is 3. The Bertz CT molecular complexity index is 483. The zero-order valence-corrected chi connectivity index (χ0v) is 9.70. The number of thioether (sulfide) groups is 1. The Morgan fingerprint density at radius 2 is 1.69 bits per heavy atom. The Morgan fingerprint density at radius 3 is 2.38 bits per heavy atom. The van der Waals surface area contributed by atoms with Crippen LogP contribution in [-0.4, -0.2) is 11.4 Å². The summed E-state index contributed by atoms with van der Waals surface area (Å²) in [5.74, 6) is 1.62. The third-order valence-corrected chi connectivity index (χ3v) is 2.82. The van der Waals surface area contributed by atoms with Crippen LogP contribution in [0, 0.1) is 0 Å². The maximum absolute atomic E-state index is 9.31. The van der Waals surface area contributed by atoms with Crippen molar-refractivity contribution in [3.63, 3.8) is 0 Å². The lowest BCUT2D eigenvalue weighted by molar-refractivity contribution is 0.454. The first kappa shape index (κ1) is 10.9. The zero-order chi connectivity index (χ0) is 11.4. The van der Waals surface area contributed by atoms with Crippen molar-refractivity contribution < 1.29 is 9.84 Å². The first-order valence-electron chi connectivity index (χ1n) is 4.89. The average Bonchev–Trinajstić information content (AvgIpc) is 2.29. The fraction of sp³-hybridized carbons (Fsp3) is 0.0769. The van der Waals surface area contributed by atoms with E-state index in [0.29, 0.717) is 5.75 Å². The first-order chi connectivity index (χ1) is 7.78. The van der Waals surface area contributed by atoms with E-state index in [0.717, 1.165) is 10.6 Å². The van der Waals surface area contributed by atoms with Crippen LogP contribution in [0.2, 0.25) is 0 Å². The van der Waals surface area contributed by atoms with Crippen molar-refractivity contribution in [1.29, 1.82) is 0 Å². The molecule has 0 saturated heterocycles. The van der Waals surface area contributed by atoms with E-state index in [9.17, 15) is 5.11 Å². The van der Waals surface area contributed by atoms with Crippen LogP contribution in [0.5, 0.6) is 17.2 Å². The van der Waals surface area contributed by atoms with Crippen molar-refractivity contribution in [2.24, 2.45) is 0 Å². The molecule has 2 nitrogen and oxygen atoms in total. The molecule has 3 heteroatoms. The van der Waals surface area contributed by atoms with Gasteiger partial charge >= 0.3 is 0 Å². The van der Waals surface area contributed by atoms with Crippen LogP contribution in [0.25, 0.3) is 0 Å². The monoisotopic (exact) mass is 232 g/mol. The van der Waals surface area contributed by atoms with Crippen molar-refractivity contribution >= 4 is 11.8 Å². The molecule has 0 bridgehead atoms. The normalized spacial score (nSPS) is 10.1. The number of phenols is 1. The molecule has 0 aliphatic carbocycles. The van der Waals surface area contributed by atoms with Gasteiger partial charge in [0.1, 0.15) is 17.2 Å².